The van der Waals surface area contributed by atoms with Crippen LogP contribution in [-0.4, -0.2) is 16.7 Å². The minimum absolute atomic E-state index is 0.0918. The van der Waals surface area contributed by atoms with E-state index in [1.165, 1.54) is 17.4 Å². The number of carbonyl (C=O) groups is 2. The van der Waals surface area contributed by atoms with Crippen molar-refractivity contribution in [3.05, 3.63) is 77.7 Å². The fourth-order valence-electron chi connectivity index (χ4n) is 2.94. The van der Waals surface area contributed by atoms with Crippen LogP contribution >= 0.6 is 11.3 Å². The lowest BCUT2D eigenvalue weighted by atomic mass is 9.99. The highest BCUT2D eigenvalue weighted by atomic mass is 32.1. The van der Waals surface area contributed by atoms with Crippen LogP contribution < -0.4 is 4.74 Å². The molecule has 130 valence electrons. The van der Waals surface area contributed by atoms with Crippen molar-refractivity contribution < 1.29 is 18.7 Å². The SMILES string of the molecule is O=C1Oc2ccccc2C(=O)/C1=C/c1nc2sc(-c3ccccc3)cc2o1. The Morgan fingerprint density at radius 2 is 1.74 bits per heavy atom. The maximum Gasteiger partial charge on any atom is 0.347 e. The number of aromatic nitrogens is 1. The van der Waals surface area contributed by atoms with Crippen molar-refractivity contribution in [2.75, 3.05) is 0 Å². The van der Waals surface area contributed by atoms with Crippen molar-refractivity contribution in [3.8, 4) is 16.2 Å². The molecule has 0 aliphatic carbocycles. The monoisotopic (exact) mass is 373 g/mol. The molecule has 5 rings (SSSR count). The normalized spacial score (nSPS) is 15.2. The Labute approximate surface area is 157 Å². The van der Waals surface area contributed by atoms with Crippen LogP contribution in [0.4, 0.5) is 0 Å². The number of esters is 1. The summed E-state index contributed by atoms with van der Waals surface area (Å²) in [5, 5.41) is 0. The first-order valence-electron chi connectivity index (χ1n) is 8.22. The van der Waals surface area contributed by atoms with Gasteiger partial charge in [0.15, 0.2) is 10.4 Å². The number of Topliss-reactive ketones (excluding diaryl/α,β-unsaturated/α-hetero) is 1. The van der Waals surface area contributed by atoms with Crippen molar-refractivity contribution in [1.29, 1.82) is 0 Å². The van der Waals surface area contributed by atoms with E-state index in [0.717, 1.165) is 10.4 Å². The van der Waals surface area contributed by atoms with Gasteiger partial charge in [-0.05, 0) is 17.7 Å². The molecule has 6 heteroatoms. The van der Waals surface area contributed by atoms with Crippen LogP contribution in [0.5, 0.6) is 5.75 Å². The Morgan fingerprint density at radius 1 is 0.963 bits per heavy atom. The Bertz CT molecular complexity index is 1200. The van der Waals surface area contributed by atoms with E-state index in [4.69, 9.17) is 9.15 Å². The average Bonchev–Trinajstić information content (AvgIpc) is 3.24. The summed E-state index contributed by atoms with van der Waals surface area (Å²) in [6.07, 6.45) is 1.34. The molecule has 0 saturated carbocycles. The second-order valence-electron chi connectivity index (χ2n) is 5.97. The third-order valence-electron chi connectivity index (χ3n) is 4.23. The van der Waals surface area contributed by atoms with Crippen LogP contribution in [0.15, 0.2) is 70.7 Å². The average molecular weight is 373 g/mol. The summed E-state index contributed by atoms with van der Waals surface area (Å²) in [6.45, 7) is 0. The number of thiophene rings is 1. The van der Waals surface area contributed by atoms with Crippen LogP contribution in [0.25, 0.3) is 26.9 Å². The highest BCUT2D eigenvalue weighted by molar-refractivity contribution is 7.21. The lowest BCUT2D eigenvalue weighted by Gasteiger charge is -2.15. The molecule has 5 nitrogen and oxygen atoms in total. The topological polar surface area (TPSA) is 69.4 Å². The number of ether oxygens (including phenoxy) is 1. The molecule has 0 amide bonds. The quantitative estimate of drug-likeness (QED) is 0.220. The predicted octanol–water partition coefficient (Wildman–Crippen LogP) is 4.74. The lowest BCUT2D eigenvalue weighted by molar-refractivity contribution is -0.130. The van der Waals surface area contributed by atoms with E-state index in [0.29, 0.717) is 16.0 Å². The predicted molar refractivity (Wildman–Crippen MR) is 102 cm³/mol. The van der Waals surface area contributed by atoms with E-state index >= 15 is 0 Å². The smallest absolute Gasteiger partial charge is 0.347 e. The molecule has 1 aliphatic heterocycles. The van der Waals surface area contributed by atoms with Crippen molar-refractivity contribution >= 4 is 39.6 Å². The summed E-state index contributed by atoms with van der Waals surface area (Å²) in [7, 11) is 0. The Kier molecular flexibility index (Phi) is 3.51. The molecule has 0 N–H and O–H groups in total. The number of oxazole rings is 1. The third kappa shape index (κ3) is 2.67. The Balaban J connectivity index is 1.52. The minimum atomic E-state index is -0.703. The second kappa shape index (κ2) is 6.03. The lowest BCUT2D eigenvalue weighted by Crippen LogP contribution is -2.24. The Morgan fingerprint density at radius 3 is 2.56 bits per heavy atom. The van der Waals surface area contributed by atoms with Gasteiger partial charge in [0.1, 0.15) is 11.3 Å². The first kappa shape index (κ1) is 15.7. The van der Waals surface area contributed by atoms with Gasteiger partial charge in [-0.2, -0.15) is 4.98 Å². The fraction of sp³-hybridized carbons (Fsp3) is 0. The Hall–Kier alpha value is -3.51. The molecule has 2 aromatic heterocycles. The summed E-state index contributed by atoms with van der Waals surface area (Å²) in [6, 6.07) is 18.5. The van der Waals surface area contributed by atoms with E-state index in [2.05, 4.69) is 4.98 Å². The van der Waals surface area contributed by atoms with Gasteiger partial charge in [-0.3, -0.25) is 4.79 Å². The number of benzene rings is 2. The van der Waals surface area contributed by atoms with Gasteiger partial charge in [0.25, 0.3) is 0 Å². The number of nitrogens with zero attached hydrogens (tertiary/aromatic N) is 1. The molecule has 0 unspecified atom stereocenters. The fourth-order valence-corrected chi connectivity index (χ4v) is 3.91. The molecule has 0 atom stereocenters. The molecule has 0 radical (unpaired) electrons. The van der Waals surface area contributed by atoms with Gasteiger partial charge in [0.05, 0.1) is 5.56 Å². The molecule has 0 fully saturated rings. The summed E-state index contributed by atoms with van der Waals surface area (Å²) in [4.78, 5) is 30.9. The summed E-state index contributed by atoms with van der Waals surface area (Å²) < 4.78 is 10.9. The first-order chi connectivity index (χ1) is 13.2. The van der Waals surface area contributed by atoms with Crippen LogP contribution in [0, 0.1) is 0 Å². The highest BCUT2D eigenvalue weighted by Gasteiger charge is 2.31. The second-order valence-corrected chi connectivity index (χ2v) is 7.00. The van der Waals surface area contributed by atoms with Crippen molar-refractivity contribution in [3.63, 3.8) is 0 Å². The van der Waals surface area contributed by atoms with Gasteiger partial charge in [0, 0.05) is 17.0 Å². The molecular formula is C21H11NO4S. The van der Waals surface area contributed by atoms with Crippen LogP contribution in [-0.2, 0) is 4.79 Å². The molecule has 27 heavy (non-hydrogen) atoms. The maximum absolute atomic E-state index is 12.6. The van der Waals surface area contributed by atoms with E-state index in [-0.39, 0.29) is 17.2 Å². The molecule has 3 heterocycles. The van der Waals surface area contributed by atoms with Gasteiger partial charge < -0.3 is 9.15 Å². The minimum Gasteiger partial charge on any atom is -0.436 e. The van der Waals surface area contributed by atoms with Crippen molar-refractivity contribution in [1.82, 2.24) is 4.98 Å². The summed E-state index contributed by atoms with van der Waals surface area (Å²) in [5.74, 6) is -0.625. The molecule has 1 aliphatic rings. The van der Waals surface area contributed by atoms with Gasteiger partial charge in [-0.25, -0.2) is 4.79 Å². The number of hydrogen-bond donors (Lipinski definition) is 0. The van der Waals surface area contributed by atoms with Crippen LogP contribution in [0.3, 0.4) is 0 Å². The number of hydrogen-bond acceptors (Lipinski definition) is 6. The number of para-hydroxylation sites is 1. The number of rotatable bonds is 2. The zero-order valence-electron chi connectivity index (χ0n) is 13.8. The van der Waals surface area contributed by atoms with Gasteiger partial charge in [-0.1, -0.05) is 42.5 Å². The molecule has 4 aromatic rings. The molecular weight excluding hydrogens is 362 g/mol. The molecule has 0 bridgehead atoms. The summed E-state index contributed by atoms with van der Waals surface area (Å²) >= 11 is 1.49. The zero-order chi connectivity index (χ0) is 18.4. The summed E-state index contributed by atoms with van der Waals surface area (Å²) in [5.41, 5.74) is 1.95. The van der Waals surface area contributed by atoms with Crippen molar-refractivity contribution in [2.45, 2.75) is 0 Å². The van der Waals surface area contributed by atoms with Crippen LogP contribution in [0.1, 0.15) is 16.2 Å². The van der Waals surface area contributed by atoms with Crippen LogP contribution in [0.2, 0.25) is 0 Å². The molecule has 0 spiro atoms. The number of ketones is 1. The largest absolute Gasteiger partial charge is 0.436 e. The number of fused-ring (bicyclic) bond motifs is 2. The number of carbonyl (C=O) groups excluding carboxylic acids is 2. The molecule has 0 saturated heterocycles. The van der Waals surface area contributed by atoms with E-state index in [1.807, 2.05) is 36.4 Å². The third-order valence-corrected chi connectivity index (χ3v) is 5.29. The standard InChI is InChI=1S/C21H11NO4S/c23-19-13-8-4-5-9-15(13)26-21(24)14(19)10-18-22-20-16(25-18)11-17(27-20)12-6-2-1-3-7-12/h1-11H/b14-10-. The van der Waals surface area contributed by atoms with Crippen molar-refractivity contribution in [2.24, 2.45) is 0 Å². The zero-order valence-corrected chi connectivity index (χ0v) is 14.7. The first-order valence-corrected chi connectivity index (χ1v) is 9.04. The highest BCUT2D eigenvalue weighted by Crippen LogP contribution is 2.34. The molecule has 2 aromatic carbocycles. The van der Waals surface area contributed by atoms with Gasteiger partial charge in [-0.15, -0.1) is 11.3 Å². The van der Waals surface area contributed by atoms with Gasteiger partial charge >= 0.3 is 5.97 Å². The maximum atomic E-state index is 12.6. The van der Waals surface area contributed by atoms with E-state index in [1.54, 1.807) is 24.3 Å². The van der Waals surface area contributed by atoms with E-state index in [9.17, 15) is 9.59 Å². The van der Waals surface area contributed by atoms with E-state index < -0.39 is 11.8 Å². The van der Waals surface area contributed by atoms with Gasteiger partial charge in [0.2, 0.25) is 11.7 Å².